The van der Waals surface area contributed by atoms with Gasteiger partial charge in [0, 0.05) is 20.3 Å². The molecular formula is C17H23BN2O. The summed E-state index contributed by atoms with van der Waals surface area (Å²) >= 11 is 0. The number of rotatable bonds is 2. The predicted molar refractivity (Wildman–Crippen MR) is 89.7 cm³/mol. The largest absolute Gasteiger partial charge is 0.415 e. The van der Waals surface area contributed by atoms with Crippen LogP contribution < -0.4 is 5.46 Å². The number of carbonyl (C=O) groups is 1. The van der Waals surface area contributed by atoms with Crippen LogP contribution in [0.25, 0.3) is 0 Å². The van der Waals surface area contributed by atoms with E-state index in [0.717, 1.165) is 5.57 Å². The Bertz CT molecular complexity index is 609. The summed E-state index contributed by atoms with van der Waals surface area (Å²) in [5.41, 5.74) is 5.93. The van der Waals surface area contributed by atoms with Crippen molar-refractivity contribution < 1.29 is 4.79 Å². The molecule has 110 valence electrons. The third-order valence-electron chi connectivity index (χ3n) is 3.93. The molecule has 1 heterocycles. The van der Waals surface area contributed by atoms with Crippen molar-refractivity contribution in [3.8, 4) is 0 Å². The van der Waals surface area contributed by atoms with Crippen molar-refractivity contribution in [2.45, 2.75) is 20.8 Å². The minimum atomic E-state index is 0.0360. The normalized spacial score (nSPS) is 14.3. The average molecular weight is 282 g/mol. The Morgan fingerprint density at radius 2 is 1.71 bits per heavy atom. The highest BCUT2D eigenvalue weighted by molar-refractivity contribution is 6.76. The quantitative estimate of drug-likeness (QED) is 0.773. The molecule has 0 saturated carbocycles. The van der Waals surface area contributed by atoms with Crippen LogP contribution in [-0.2, 0) is 4.79 Å². The molecule has 1 aliphatic rings. The fraction of sp³-hybridized carbons (Fsp3) is 0.353. The molecule has 0 saturated heterocycles. The Kier molecular flexibility index (Phi) is 4.26. The summed E-state index contributed by atoms with van der Waals surface area (Å²) in [4.78, 5) is 15.8. The highest BCUT2D eigenvalue weighted by Gasteiger charge is 2.26. The van der Waals surface area contributed by atoms with Crippen LogP contribution in [0.5, 0.6) is 0 Å². The fourth-order valence-corrected chi connectivity index (χ4v) is 3.02. The molecule has 0 atom stereocenters. The SMILES string of the molecule is Cc1cc(C)c(B2C=CC(C(=O)N(C)C)=CN2C)c(C)c1. The summed E-state index contributed by atoms with van der Waals surface area (Å²) in [7, 11) is 5.57. The van der Waals surface area contributed by atoms with Crippen LogP contribution in [0, 0.1) is 20.8 Å². The fourth-order valence-electron chi connectivity index (χ4n) is 3.02. The van der Waals surface area contributed by atoms with Gasteiger partial charge in [-0.3, -0.25) is 4.79 Å². The highest BCUT2D eigenvalue weighted by atomic mass is 16.2. The molecule has 0 unspecified atom stereocenters. The Balaban J connectivity index is 2.35. The lowest BCUT2D eigenvalue weighted by Crippen LogP contribution is -2.46. The number of hydrogen-bond acceptors (Lipinski definition) is 2. The van der Waals surface area contributed by atoms with E-state index in [1.807, 2.05) is 19.3 Å². The van der Waals surface area contributed by atoms with Gasteiger partial charge in [0.1, 0.15) is 0 Å². The first-order valence-electron chi connectivity index (χ1n) is 7.22. The van der Waals surface area contributed by atoms with Gasteiger partial charge in [0.15, 0.2) is 0 Å². The van der Waals surface area contributed by atoms with Crippen molar-refractivity contribution in [1.82, 2.24) is 9.71 Å². The van der Waals surface area contributed by atoms with E-state index in [1.165, 1.54) is 22.2 Å². The van der Waals surface area contributed by atoms with E-state index in [-0.39, 0.29) is 12.8 Å². The number of nitrogens with zero attached hydrogens (tertiary/aromatic N) is 2. The Hall–Kier alpha value is -1.97. The lowest BCUT2D eigenvalue weighted by Gasteiger charge is -2.28. The Morgan fingerprint density at radius 1 is 1.14 bits per heavy atom. The smallest absolute Gasteiger partial charge is 0.315 e. The second kappa shape index (κ2) is 5.80. The van der Waals surface area contributed by atoms with Crippen LogP contribution in [0.3, 0.4) is 0 Å². The summed E-state index contributed by atoms with van der Waals surface area (Å²) in [5.74, 6) is 2.15. The van der Waals surface area contributed by atoms with E-state index in [0.29, 0.717) is 0 Å². The molecular weight excluding hydrogens is 259 g/mol. The molecule has 0 spiro atoms. The molecule has 0 aromatic heterocycles. The van der Waals surface area contributed by atoms with Crippen LogP contribution in [0.15, 0.2) is 36.0 Å². The first kappa shape index (κ1) is 15.4. The van der Waals surface area contributed by atoms with Gasteiger partial charge in [-0.05, 0) is 33.3 Å². The molecule has 0 radical (unpaired) electrons. The predicted octanol–water partition coefficient (Wildman–Crippen LogP) is 1.82. The van der Waals surface area contributed by atoms with E-state index in [9.17, 15) is 4.79 Å². The summed E-state index contributed by atoms with van der Waals surface area (Å²) < 4.78 is 0. The lowest BCUT2D eigenvalue weighted by molar-refractivity contribution is -0.124. The minimum Gasteiger partial charge on any atom is -0.415 e. The van der Waals surface area contributed by atoms with Gasteiger partial charge in [0.25, 0.3) is 5.91 Å². The summed E-state index contributed by atoms with van der Waals surface area (Å²) in [6.45, 7) is 6.62. The molecule has 2 rings (SSSR count). The van der Waals surface area contributed by atoms with Crippen LogP contribution in [0.2, 0.25) is 0 Å². The van der Waals surface area contributed by atoms with Crippen molar-refractivity contribution in [3.63, 3.8) is 0 Å². The Labute approximate surface area is 128 Å². The number of benzene rings is 1. The van der Waals surface area contributed by atoms with Crippen LogP contribution >= 0.6 is 0 Å². The highest BCUT2D eigenvalue weighted by Crippen LogP contribution is 2.15. The van der Waals surface area contributed by atoms with E-state index in [4.69, 9.17) is 0 Å². The zero-order valence-electron chi connectivity index (χ0n) is 13.8. The monoisotopic (exact) mass is 282 g/mol. The topological polar surface area (TPSA) is 23.6 Å². The van der Waals surface area contributed by atoms with E-state index >= 15 is 0 Å². The summed E-state index contributed by atoms with van der Waals surface area (Å²) in [6, 6.07) is 4.43. The molecule has 1 aliphatic heterocycles. The standard InChI is InChI=1S/C17H23BN2O/c1-12-9-13(2)16(14(3)10-12)18-8-7-15(11-20(18)6)17(21)19(4)5/h7-11H,1-6H3. The Morgan fingerprint density at radius 3 is 2.19 bits per heavy atom. The van der Waals surface area contributed by atoms with Crippen LogP contribution in [0.1, 0.15) is 16.7 Å². The zero-order chi connectivity index (χ0) is 15.7. The van der Waals surface area contributed by atoms with Crippen molar-refractivity contribution in [3.05, 3.63) is 52.6 Å². The van der Waals surface area contributed by atoms with Gasteiger partial charge in [-0.1, -0.05) is 40.9 Å². The van der Waals surface area contributed by atoms with Gasteiger partial charge in [-0.25, -0.2) is 0 Å². The van der Waals surface area contributed by atoms with Gasteiger partial charge in [0.05, 0.1) is 5.57 Å². The van der Waals surface area contributed by atoms with Gasteiger partial charge in [-0.2, -0.15) is 0 Å². The van der Waals surface area contributed by atoms with Gasteiger partial charge < -0.3 is 9.71 Å². The molecule has 4 heteroatoms. The molecule has 3 nitrogen and oxygen atoms in total. The first-order chi connectivity index (χ1) is 9.81. The van der Waals surface area contributed by atoms with Crippen LogP contribution in [-0.4, -0.2) is 43.6 Å². The minimum absolute atomic E-state index is 0.0360. The molecule has 21 heavy (non-hydrogen) atoms. The average Bonchev–Trinajstić information content (AvgIpc) is 2.38. The third kappa shape index (κ3) is 3.04. The van der Waals surface area contributed by atoms with E-state index in [1.54, 1.807) is 19.0 Å². The summed E-state index contributed by atoms with van der Waals surface area (Å²) in [6.07, 6.45) is 3.87. The maximum Gasteiger partial charge on any atom is 0.315 e. The molecule has 0 bridgehead atoms. The van der Waals surface area contributed by atoms with Gasteiger partial charge in [0.2, 0.25) is 0 Å². The number of amides is 1. The van der Waals surface area contributed by atoms with Crippen molar-refractivity contribution >= 4 is 18.2 Å². The van der Waals surface area contributed by atoms with E-state index in [2.05, 4.69) is 43.7 Å². The molecule has 0 aliphatic carbocycles. The first-order valence-corrected chi connectivity index (χ1v) is 7.22. The van der Waals surface area contributed by atoms with Crippen LogP contribution in [0.4, 0.5) is 0 Å². The maximum absolute atomic E-state index is 12.0. The van der Waals surface area contributed by atoms with Gasteiger partial charge >= 0.3 is 6.85 Å². The molecule has 1 aromatic carbocycles. The van der Waals surface area contributed by atoms with Crippen molar-refractivity contribution in [2.24, 2.45) is 0 Å². The number of likely N-dealkylation sites (N-methyl/N-ethyl adjacent to an activating group) is 1. The van der Waals surface area contributed by atoms with Gasteiger partial charge in [-0.15, -0.1) is 0 Å². The molecule has 1 amide bonds. The number of carbonyl (C=O) groups excluding carboxylic acids is 1. The van der Waals surface area contributed by atoms with Crippen molar-refractivity contribution in [1.29, 1.82) is 0 Å². The summed E-state index contributed by atoms with van der Waals surface area (Å²) in [5, 5.41) is 0. The molecule has 0 fully saturated rings. The maximum atomic E-state index is 12.0. The lowest BCUT2D eigenvalue weighted by atomic mass is 9.51. The number of aryl methyl sites for hydroxylation is 3. The number of hydrogen-bond donors (Lipinski definition) is 0. The van der Waals surface area contributed by atoms with E-state index < -0.39 is 0 Å². The molecule has 0 N–H and O–H groups in total. The second-order valence-corrected chi connectivity index (χ2v) is 6.07. The third-order valence-corrected chi connectivity index (χ3v) is 3.93. The molecule has 1 aromatic rings. The second-order valence-electron chi connectivity index (χ2n) is 6.07. The van der Waals surface area contributed by atoms with Crippen molar-refractivity contribution in [2.75, 3.05) is 21.1 Å². The zero-order valence-corrected chi connectivity index (χ0v) is 13.8.